The van der Waals surface area contributed by atoms with Crippen molar-refractivity contribution in [2.24, 2.45) is 0 Å². The van der Waals surface area contributed by atoms with Crippen molar-refractivity contribution in [3.8, 4) is 22.8 Å². The van der Waals surface area contributed by atoms with E-state index >= 15 is 0 Å². The van der Waals surface area contributed by atoms with Gasteiger partial charge in [-0.15, -0.1) is 5.10 Å². The standard InChI is InChI=1S/C39H44ClN5O4/c1-2-3-4-5-6-7-8-9-10-11-12-18-25-49-39(48)28-23-24-34(40)35(26-28)41-38(47)33-27-32(30-21-16-17-22-31(30)36(33)46)37-42-43-44-45(37)29-19-14-13-15-20-29/h13-17,19-24,26-27,46H,2-12,18,25H2,1H3,(H,41,47). The lowest BCUT2D eigenvalue weighted by Crippen LogP contribution is -2.14. The number of halogens is 1. The highest BCUT2D eigenvalue weighted by molar-refractivity contribution is 6.34. The van der Waals surface area contributed by atoms with E-state index in [9.17, 15) is 14.7 Å². The highest BCUT2D eigenvalue weighted by Crippen LogP contribution is 2.37. The lowest BCUT2D eigenvalue weighted by atomic mass is 9.98. The Bertz CT molecular complexity index is 1840. The van der Waals surface area contributed by atoms with Crippen LogP contribution in [0.15, 0.2) is 78.9 Å². The average Bonchev–Trinajstić information content (AvgIpc) is 3.61. The molecule has 5 rings (SSSR count). The largest absolute Gasteiger partial charge is 0.506 e. The molecule has 1 heterocycles. The minimum Gasteiger partial charge on any atom is -0.506 e. The molecule has 5 aromatic rings. The zero-order valence-electron chi connectivity index (χ0n) is 28.0. The Morgan fingerprint density at radius 2 is 1.43 bits per heavy atom. The maximum absolute atomic E-state index is 13.7. The average molecular weight is 682 g/mol. The molecule has 0 saturated heterocycles. The van der Waals surface area contributed by atoms with Gasteiger partial charge in [0.1, 0.15) is 5.75 Å². The predicted molar refractivity (Wildman–Crippen MR) is 195 cm³/mol. The molecule has 0 aliphatic rings. The van der Waals surface area contributed by atoms with Crippen molar-refractivity contribution in [2.75, 3.05) is 11.9 Å². The second-order valence-corrected chi connectivity index (χ2v) is 12.7. The monoisotopic (exact) mass is 681 g/mol. The number of carbonyl (C=O) groups excluding carboxylic acids is 2. The van der Waals surface area contributed by atoms with Crippen molar-refractivity contribution in [2.45, 2.75) is 84.0 Å². The number of tetrazole rings is 1. The van der Waals surface area contributed by atoms with Crippen LogP contribution in [-0.2, 0) is 4.74 Å². The van der Waals surface area contributed by atoms with Crippen molar-refractivity contribution in [1.29, 1.82) is 0 Å². The molecule has 0 atom stereocenters. The number of unbranched alkanes of at least 4 members (excludes halogenated alkanes) is 11. The lowest BCUT2D eigenvalue weighted by Gasteiger charge is -2.14. The number of ether oxygens (including phenoxy) is 1. The number of amides is 1. The van der Waals surface area contributed by atoms with E-state index in [1.54, 1.807) is 28.9 Å². The summed E-state index contributed by atoms with van der Waals surface area (Å²) in [6, 6.07) is 22.7. The van der Waals surface area contributed by atoms with Gasteiger partial charge in [-0.2, -0.15) is 4.68 Å². The van der Waals surface area contributed by atoms with Gasteiger partial charge in [-0.1, -0.05) is 132 Å². The molecular formula is C39H44ClN5O4. The van der Waals surface area contributed by atoms with Crippen molar-refractivity contribution in [1.82, 2.24) is 20.2 Å². The van der Waals surface area contributed by atoms with E-state index < -0.39 is 11.9 Å². The van der Waals surface area contributed by atoms with Gasteiger partial charge in [0.2, 0.25) is 0 Å². The zero-order chi connectivity index (χ0) is 34.4. The third kappa shape index (κ3) is 9.44. The summed E-state index contributed by atoms with van der Waals surface area (Å²) in [6.45, 7) is 2.58. The fraction of sp³-hybridized carbons (Fsp3) is 0.359. The van der Waals surface area contributed by atoms with Crippen LogP contribution in [0.2, 0.25) is 5.02 Å². The van der Waals surface area contributed by atoms with Gasteiger partial charge in [-0.05, 0) is 58.6 Å². The molecule has 1 amide bonds. The van der Waals surface area contributed by atoms with Gasteiger partial charge < -0.3 is 15.2 Å². The summed E-state index contributed by atoms with van der Waals surface area (Å²) in [5, 5.41) is 27.7. The molecule has 4 aromatic carbocycles. The number of hydrogen-bond acceptors (Lipinski definition) is 7. The van der Waals surface area contributed by atoms with Gasteiger partial charge >= 0.3 is 5.97 Å². The first kappa shape index (κ1) is 35.5. The predicted octanol–water partition coefficient (Wildman–Crippen LogP) is 9.95. The number of esters is 1. The number of aromatic nitrogens is 4. The summed E-state index contributed by atoms with van der Waals surface area (Å²) in [7, 11) is 0. The fourth-order valence-electron chi connectivity index (χ4n) is 5.95. The zero-order valence-corrected chi connectivity index (χ0v) is 28.8. The molecule has 0 unspecified atom stereocenters. The van der Waals surface area contributed by atoms with E-state index in [0.717, 1.165) is 24.9 Å². The fourth-order valence-corrected chi connectivity index (χ4v) is 6.11. The number of phenolic OH excluding ortho intramolecular Hbond substituents is 1. The Morgan fingerprint density at radius 3 is 2.12 bits per heavy atom. The summed E-state index contributed by atoms with van der Waals surface area (Å²) >= 11 is 6.44. The first-order chi connectivity index (χ1) is 24.0. The number of nitrogens with zero attached hydrogens (tertiary/aromatic N) is 4. The van der Waals surface area contributed by atoms with Gasteiger partial charge in [0, 0.05) is 10.9 Å². The van der Waals surface area contributed by atoms with Gasteiger partial charge in [0.05, 0.1) is 34.1 Å². The molecule has 10 heteroatoms. The second kappa shape index (κ2) is 18.1. The summed E-state index contributed by atoms with van der Waals surface area (Å²) in [5.41, 5.74) is 1.76. The van der Waals surface area contributed by atoms with E-state index in [-0.39, 0.29) is 27.6 Å². The molecule has 0 bridgehead atoms. The van der Waals surface area contributed by atoms with Gasteiger partial charge in [0.25, 0.3) is 5.91 Å². The molecule has 0 radical (unpaired) electrons. The Kier molecular flexibility index (Phi) is 13.1. The van der Waals surface area contributed by atoms with E-state index in [4.69, 9.17) is 16.3 Å². The highest BCUT2D eigenvalue weighted by atomic mass is 35.5. The van der Waals surface area contributed by atoms with Crippen LogP contribution >= 0.6 is 11.6 Å². The lowest BCUT2D eigenvalue weighted by molar-refractivity contribution is 0.0497. The number of phenols is 1. The number of benzene rings is 4. The summed E-state index contributed by atoms with van der Waals surface area (Å²) in [5.74, 6) is -0.914. The minimum atomic E-state index is -0.618. The highest BCUT2D eigenvalue weighted by Gasteiger charge is 2.22. The Balaban J connectivity index is 1.20. The Hall–Kier alpha value is -4.76. The van der Waals surface area contributed by atoms with Crippen molar-refractivity contribution in [3.05, 3.63) is 95.0 Å². The van der Waals surface area contributed by atoms with E-state index in [1.165, 1.54) is 69.9 Å². The molecule has 0 aliphatic carbocycles. The summed E-state index contributed by atoms with van der Waals surface area (Å²) in [6.07, 6.45) is 14.7. The molecule has 49 heavy (non-hydrogen) atoms. The molecule has 0 spiro atoms. The van der Waals surface area contributed by atoms with E-state index in [0.29, 0.717) is 28.8 Å². The van der Waals surface area contributed by atoms with Crippen LogP contribution < -0.4 is 5.32 Å². The van der Waals surface area contributed by atoms with Crippen LogP contribution in [0.25, 0.3) is 27.8 Å². The van der Waals surface area contributed by atoms with Crippen LogP contribution in [0, 0.1) is 0 Å². The maximum atomic E-state index is 13.7. The summed E-state index contributed by atoms with van der Waals surface area (Å²) in [4.78, 5) is 26.5. The number of aromatic hydroxyl groups is 1. The minimum absolute atomic E-state index is 0.00710. The Morgan fingerprint density at radius 1 is 0.796 bits per heavy atom. The normalized spacial score (nSPS) is 11.1. The topological polar surface area (TPSA) is 119 Å². The quantitative estimate of drug-likeness (QED) is 0.0698. The van der Waals surface area contributed by atoms with Crippen LogP contribution in [0.4, 0.5) is 5.69 Å². The molecular weight excluding hydrogens is 638 g/mol. The van der Waals surface area contributed by atoms with Gasteiger partial charge in [0.15, 0.2) is 5.82 Å². The number of rotatable bonds is 18. The van der Waals surface area contributed by atoms with Crippen LogP contribution in [0.3, 0.4) is 0 Å². The molecule has 256 valence electrons. The first-order valence-corrected chi connectivity index (χ1v) is 17.7. The van der Waals surface area contributed by atoms with Gasteiger partial charge in [-0.3, -0.25) is 4.79 Å². The maximum Gasteiger partial charge on any atom is 0.338 e. The number of anilines is 1. The van der Waals surface area contributed by atoms with Crippen molar-refractivity contribution >= 4 is 39.9 Å². The number of para-hydroxylation sites is 1. The Labute approximate surface area is 292 Å². The number of nitrogens with one attached hydrogen (secondary N) is 1. The summed E-state index contributed by atoms with van der Waals surface area (Å²) < 4.78 is 7.09. The molecule has 0 fully saturated rings. The molecule has 2 N–H and O–H groups in total. The van der Waals surface area contributed by atoms with E-state index in [1.807, 2.05) is 42.5 Å². The van der Waals surface area contributed by atoms with Crippen LogP contribution in [0.1, 0.15) is 105 Å². The van der Waals surface area contributed by atoms with Crippen molar-refractivity contribution in [3.63, 3.8) is 0 Å². The number of carbonyl (C=O) groups is 2. The van der Waals surface area contributed by atoms with Crippen LogP contribution in [0.5, 0.6) is 5.75 Å². The number of fused-ring (bicyclic) bond motifs is 1. The molecule has 0 aliphatic heterocycles. The van der Waals surface area contributed by atoms with Gasteiger partial charge in [-0.25, -0.2) is 4.79 Å². The SMILES string of the molecule is CCCCCCCCCCCCCCOC(=O)c1ccc(Cl)c(NC(=O)c2cc(-c3nnnn3-c3ccccc3)c3ccccc3c2O)c1. The third-order valence-electron chi connectivity index (χ3n) is 8.65. The third-order valence-corrected chi connectivity index (χ3v) is 8.98. The van der Waals surface area contributed by atoms with Crippen LogP contribution in [-0.4, -0.2) is 43.8 Å². The first-order valence-electron chi connectivity index (χ1n) is 17.3. The van der Waals surface area contributed by atoms with Crippen molar-refractivity contribution < 1.29 is 19.4 Å². The smallest absolute Gasteiger partial charge is 0.338 e. The second-order valence-electron chi connectivity index (χ2n) is 12.3. The molecule has 1 aromatic heterocycles. The molecule has 9 nitrogen and oxygen atoms in total. The molecule has 0 saturated carbocycles. The van der Waals surface area contributed by atoms with E-state index in [2.05, 4.69) is 27.8 Å². The number of hydrogen-bond donors (Lipinski definition) is 2.